The molecule has 0 aromatic rings. The molecule has 0 aromatic heterocycles. The molecule has 1 aliphatic carbocycles. The van der Waals surface area contributed by atoms with Crippen molar-refractivity contribution < 1.29 is 14.7 Å². The molecule has 19 heavy (non-hydrogen) atoms. The number of nitrogens with one attached hydrogen (secondary N) is 2. The Kier molecular flexibility index (Phi) is 5.68. The van der Waals surface area contributed by atoms with E-state index in [1.807, 2.05) is 6.92 Å². The normalized spacial score (nSPS) is 18.9. The van der Waals surface area contributed by atoms with Crippen LogP contribution in [0.3, 0.4) is 0 Å². The van der Waals surface area contributed by atoms with Crippen LogP contribution < -0.4 is 10.6 Å². The summed E-state index contributed by atoms with van der Waals surface area (Å²) in [5.74, 6) is 1.64. The fourth-order valence-electron chi connectivity index (χ4n) is 2.42. The van der Waals surface area contributed by atoms with E-state index in [0.29, 0.717) is 19.3 Å². The Bertz CT molecular complexity index is 367. The van der Waals surface area contributed by atoms with Crippen molar-refractivity contribution in [2.75, 3.05) is 6.54 Å². The maximum Gasteiger partial charge on any atom is 0.315 e. The first-order chi connectivity index (χ1) is 9.04. The van der Waals surface area contributed by atoms with E-state index in [-0.39, 0.29) is 12.6 Å². The van der Waals surface area contributed by atoms with Crippen LogP contribution in [0.1, 0.15) is 45.4 Å². The summed E-state index contributed by atoms with van der Waals surface area (Å²) in [7, 11) is 0. The molecule has 5 nitrogen and oxygen atoms in total. The summed E-state index contributed by atoms with van der Waals surface area (Å²) in [5, 5.41) is 14.7. The van der Waals surface area contributed by atoms with Crippen LogP contribution >= 0.6 is 0 Å². The summed E-state index contributed by atoms with van der Waals surface area (Å²) >= 11 is 0. The van der Waals surface area contributed by atoms with Crippen molar-refractivity contribution in [3.63, 3.8) is 0 Å². The van der Waals surface area contributed by atoms with Gasteiger partial charge in [0.25, 0.3) is 0 Å². The van der Waals surface area contributed by atoms with Gasteiger partial charge in [-0.05, 0) is 19.3 Å². The SMILES string of the molecule is C#CC(CC)NC(=O)NCC1(C(=O)O)CCCCC1. The van der Waals surface area contributed by atoms with E-state index in [1.54, 1.807) is 0 Å². The molecule has 0 radical (unpaired) electrons. The van der Waals surface area contributed by atoms with Crippen LogP contribution in [0.2, 0.25) is 0 Å². The standard InChI is InChI=1S/C14H22N2O3/c1-3-11(4-2)16-13(19)15-10-14(12(17)18)8-6-5-7-9-14/h1,11H,4-10H2,2H3,(H,17,18)(H2,15,16,19). The number of hydrogen-bond acceptors (Lipinski definition) is 2. The third kappa shape index (κ3) is 4.16. The highest BCUT2D eigenvalue weighted by Crippen LogP contribution is 2.35. The van der Waals surface area contributed by atoms with Crippen molar-refractivity contribution in [3.05, 3.63) is 0 Å². The predicted octanol–water partition coefficient (Wildman–Crippen LogP) is 1.73. The third-order valence-electron chi connectivity index (χ3n) is 3.77. The number of rotatable bonds is 5. The first-order valence-electron chi connectivity index (χ1n) is 6.78. The second-order valence-electron chi connectivity index (χ2n) is 5.10. The lowest BCUT2D eigenvalue weighted by molar-refractivity contribution is -0.150. The number of carboxylic acid groups (broad SMARTS) is 1. The molecule has 106 valence electrons. The van der Waals surface area contributed by atoms with Gasteiger partial charge in [-0.15, -0.1) is 6.42 Å². The van der Waals surface area contributed by atoms with E-state index in [1.165, 1.54) is 0 Å². The van der Waals surface area contributed by atoms with Gasteiger partial charge in [0, 0.05) is 6.54 Å². The molecule has 5 heteroatoms. The molecule has 1 saturated carbocycles. The zero-order chi connectivity index (χ0) is 14.3. The Balaban J connectivity index is 2.51. The molecule has 1 unspecified atom stereocenters. The van der Waals surface area contributed by atoms with Crippen LogP contribution in [0.15, 0.2) is 0 Å². The largest absolute Gasteiger partial charge is 0.481 e. The number of hydrogen-bond donors (Lipinski definition) is 3. The van der Waals surface area contributed by atoms with E-state index in [9.17, 15) is 14.7 Å². The van der Waals surface area contributed by atoms with Crippen LogP contribution in [-0.2, 0) is 4.79 Å². The summed E-state index contributed by atoms with van der Waals surface area (Å²) in [5.41, 5.74) is -0.812. The van der Waals surface area contributed by atoms with Crippen molar-refractivity contribution in [1.29, 1.82) is 0 Å². The van der Waals surface area contributed by atoms with Crippen LogP contribution in [0.4, 0.5) is 4.79 Å². The maximum absolute atomic E-state index is 11.7. The summed E-state index contributed by atoms with van der Waals surface area (Å²) in [6, 6.07) is -0.705. The zero-order valence-electron chi connectivity index (χ0n) is 11.4. The Morgan fingerprint density at radius 3 is 2.47 bits per heavy atom. The summed E-state index contributed by atoms with van der Waals surface area (Å²) in [6.45, 7) is 2.04. The van der Waals surface area contributed by atoms with Gasteiger partial charge < -0.3 is 15.7 Å². The smallest absolute Gasteiger partial charge is 0.315 e. The number of urea groups is 1. The van der Waals surface area contributed by atoms with Crippen LogP contribution in [0, 0.1) is 17.8 Å². The molecule has 2 amide bonds. The summed E-state index contributed by atoms with van der Waals surface area (Å²) < 4.78 is 0. The predicted molar refractivity (Wildman–Crippen MR) is 72.6 cm³/mol. The van der Waals surface area contributed by atoms with Crippen molar-refractivity contribution in [2.45, 2.75) is 51.5 Å². The van der Waals surface area contributed by atoms with Gasteiger partial charge in [0.05, 0.1) is 11.5 Å². The van der Waals surface area contributed by atoms with Gasteiger partial charge in [-0.25, -0.2) is 4.79 Å². The van der Waals surface area contributed by atoms with E-state index >= 15 is 0 Å². The van der Waals surface area contributed by atoms with Gasteiger partial charge in [0.15, 0.2) is 0 Å². The lowest BCUT2D eigenvalue weighted by atomic mass is 9.74. The molecule has 3 N–H and O–H groups in total. The fraction of sp³-hybridized carbons (Fsp3) is 0.714. The molecule has 0 bridgehead atoms. The van der Waals surface area contributed by atoms with E-state index < -0.39 is 17.4 Å². The van der Waals surface area contributed by atoms with Gasteiger partial charge in [-0.1, -0.05) is 32.1 Å². The molecule has 1 atom stereocenters. The molecule has 0 spiro atoms. The molecule has 1 fully saturated rings. The van der Waals surface area contributed by atoms with Crippen molar-refractivity contribution in [3.8, 4) is 12.3 Å². The van der Waals surface area contributed by atoms with E-state index in [4.69, 9.17) is 6.42 Å². The first kappa shape index (κ1) is 15.4. The molecule has 1 rings (SSSR count). The number of carbonyl (C=O) groups is 2. The van der Waals surface area contributed by atoms with E-state index in [2.05, 4.69) is 16.6 Å². The second-order valence-corrected chi connectivity index (χ2v) is 5.10. The lowest BCUT2D eigenvalue weighted by Gasteiger charge is -2.33. The van der Waals surface area contributed by atoms with Crippen LogP contribution in [0.25, 0.3) is 0 Å². The second kappa shape index (κ2) is 7.03. The van der Waals surface area contributed by atoms with Crippen LogP contribution in [-0.4, -0.2) is 29.7 Å². The quantitative estimate of drug-likeness (QED) is 0.663. The summed E-state index contributed by atoms with van der Waals surface area (Å²) in [4.78, 5) is 23.1. The van der Waals surface area contributed by atoms with E-state index in [0.717, 1.165) is 19.3 Å². The van der Waals surface area contributed by atoms with Gasteiger partial charge in [-0.3, -0.25) is 4.79 Å². The van der Waals surface area contributed by atoms with Crippen molar-refractivity contribution >= 4 is 12.0 Å². The average molecular weight is 266 g/mol. The number of amides is 2. The maximum atomic E-state index is 11.7. The molecular formula is C14H22N2O3. The highest BCUT2D eigenvalue weighted by molar-refractivity contribution is 5.78. The van der Waals surface area contributed by atoms with Gasteiger partial charge >= 0.3 is 12.0 Å². The van der Waals surface area contributed by atoms with Gasteiger partial charge in [-0.2, -0.15) is 0 Å². The topological polar surface area (TPSA) is 78.4 Å². The molecule has 0 saturated heterocycles. The third-order valence-corrected chi connectivity index (χ3v) is 3.77. The molecular weight excluding hydrogens is 244 g/mol. The highest BCUT2D eigenvalue weighted by atomic mass is 16.4. The minimum atomic E-state index is -0.823. The Morgan fingerprint density at radius 2 is 2.00 bits per heavy atom. The fourth-order valence-corrected chi connectivity index (χ4v) is 2.42. The zero-order valence-corrected chi connectivity index (χ0v) is 11.4. The molecule has 0 heterocycles. The Hall–Kier alpha value is -1.70. The Labute approximate surface area is 114 Å². The average Bonchev–Trinajstić information content (AvgIpc) is 2.43. The van der Waals surface area contributed by atoms with Gasteiger partial charge in [0.1, 0.15) is 0 Å². The lowest BCUT2D eigenvalue weighted by Crippen LogP contribution is -2.48. The number of carbonyl (C=O) groups excluding carboxylic acids is 1. The molecule has 0 aliphatic heterocycles. The monoisotopic (exact) mass is 266 g/mol. The minimum absolute atomic E-state index is 0.162. The highest BCUT2D eigenvalue weighted by Gasteiger charge is 2.39. The van der Waals surface area contributed by atoms with Crippen molar-refractivity contribution in [1.82, 2.24) is 10.6 Å². The minimum Gasteiger partial charge on any atom is -0.481 e. The van der Waals surface area contributed by atoms with Crippen molar-refractivity contribution in [2.24, 2.45) is 5.41 Å². The molecule has 0 aromatic carbocycles. The van der Waals surface area contributed by atoms with Crippen LogP contribution in [0.5, 0.6) is 0 Å². The molecule has 1 aliphatic rings. The first-order valence-corrected chi connectivity index (χ1v) is 6.78. The summed E-state index contributed by atoms with van der Waals surface area (Å²) in [6.07, 6.45) is 10.0. The number of aliphatic carboxylic acids is 1. The number of terminal acetylenes is 1. The van der Waals surface area contributed by atoms with Gasteiger partial charge in [0.2, 0.25) is 0 Å². The Morgan fingerprint density at radius 1 is 1.37 bits per heavy atom. The number of carboxylic acids is 1.